The number of benzene rings is 2. The molecule has 0 radical (unpaired) electrons. The van der Waals surface area contributed by atoms with Crippen molar-refractivity contribution in [2.75, 3.05) is 18.0 Å². The van der Waals surface area contributed by atoms with Crippen molar-refractivity contribution in [1.29, 1.82) is 0 Å². The first-order valence-corrected chi connectivity index (χ1v) is 13.5. The molecule has 2 aromatic rings. The van der Waals surface area contributed by atoms with E-state index in [1.807, 2.05) is 36.4 Å². The van der Waals surface area contributed by atoms with E-state index >= 15 is 0 Å². The third-order valence-electron chi connectivity index (χ3n) is 6.70. The summed E-state index contributed by atoms with van der Waals surface area (Å²) < 4.78 is 6.60. The van der Waals surface area contributed by atoms with Crippen LogP contribution >= 0.6 is 0 Å². The van der Waals surface area contributed by atoms with E-state index in [9.17, 15) is 14.9 Å². The fraction of sp³-hybridized carbons (Fsp3) is 0.375. The van der Waals surface area contributed by atoms with Crippen molar-refractivity contribution in [1.82, 2.24) is 5.32 Å². The van der Waals surface area contributed by atoms with Crippen LogP contribution in [-0.4, -0.2) is 52.8 Å². The van der Waals surface area contributed by atoms with Gasteiger partial charge < -0.3 is 29.3 Å². The normalized spacial score (nSPS) is 19.7. The SMILES string of the molecule is CC1(C)c2ccccc2N(CCC(=O)NCCC[Si](O)(O)O)C12C=Cc1cc([N+](=O)[O-])ccc1O2. The molecule has 0 saturated carbocycles. The van der Waals surface area contributed by atoms with Crippen molar-refractivity contribution in [3.63, 3.8) is 0 Å². The molecule has 2 heterocycles. The number of carbonyl (C=O) groups is 1. The lowest BCUT2D eigenvalue weighted by molar-refractivity contribution is -0.384. The van der Waals surface area contributed by atoms with Gasteiger partial charge in [0, 0.05) is 48.9 Å². The second-order valence-electron chi connectivity index (χ2n) is 9.38. The van der Waals surface area contributed by atoms with Crippen LogP contribution < -0.4 is 15.0 Å². The van der Waals surface area contributed by atoms with Gasteiger partial charge in [-0.2, -0.15) is 0 Å². The third-order valence-corrected chi connectivity index (χ3v) is 7.72. The van der Waals surface area contributed by atoms with E-state index in [0.29, 0.717) is 17.9 Å². The van der Waals surface area contributed by atoms with Crippen molar-refractivity contribution >= 4 is 32.2 Å². The largest absolute Gasteiger partial charge is 0.492 e. The molecule has 0 aromatic heterocycles. The van der Waals surface area contributed by atoms with E-state index in [1.54, 1.807) is 6.07 Å². The average molecular weight is 500 g/mol. The molecule has 1 amide bonds. The van der Waals surface area contributed by atoms with Crippen molar-refractivity contribution in [3.05, 3.63) is 69.8 Å². The van der Waals surface area contributed by atoms with Crippen LogP contribution in [-0.2, 0) is 10.2 Å². The summed E-state index contributed by atoms with van der Waals surface area (Å²) in [6, 6.07) is 12.3. The van der Waals surface area contributed by atoms with Crippen molar-refractivity contribution < 1.29 is 28.8 Å². The molecule has 1 unspecified atom stereocenters. The van der Waals surface area contributed by atoms with Crippen LogP contribution in [0.3, 0.4) is 0 Å². The lowest BCUT2D eigenvalue weighted by atomic mass is 9.76. The number of rotatable bonds is 8. The minimum Gasteiger partial charge on any atom is -0.463 e. The highest BCUT2D eigenvalue weighted by Crippen LogP contribution is 2.55. The molecule has 0 aliphatic carbocycles. The molecule has 10 nitrogen and oxygen atoms in total. The molecule has 35 heavy (non-hydrogen) atoms. The molecule has 2 aliphatic heterocycles. The Morgan fingerprint density at radius 2 is 1.94 bits per heavy atom. The van der Waals surface area contributed by atoms with Crippen molar-refractivity contribution in [2.24, 2.45) is 0 Å². The molecule has 1 atom stereocenters. The number of carbonyl (C=O) groups excluding carboxylic acids is 1. The summed E-state index contributed by atoms with van der Waals surface area (Å²) in [5.74, 6) is 0.317. The molecule has 0 bridgehead atoms. The Labute approximate surface area is 204 Å². The summed E-state index contributed by atoms with van der Waals surface area (Å²) >= 11 is 0. The van der Waals surface area contributed by atoms with Gasteiger partial charge in [0.15, 0.2) is 0 Å². The first-order valence-electron chi connectivity index (χ1n) is 11.4. The molecule has 1 spiro atoms. The maximum Gasteiger partial charge on any atom is 0.492 e. The average Bonchev–Trinajstić information content (AvgIpc) is 2.97. The van der Waals surface area contributed by atoms with E-state index < -0.39 is 24.9 Å². The maximum atomic E-state index is 12.5. The minimum absolute atomic E-state index is 0.0149. The number of non-ortho nitro benzene ring substituents is 1. The number of nitro groups is 1. The Morgan fingerprint density at radius 3 is 2.66 bits per heavy atom. The number of hydrogen-bond donors (Lipinski definition) is 4. The van der Waals surface area contributed by atoms with Gasteiger partial charge in [0.05, 0.1) is 10.3 Å². The fourth-order valence-corrected chi connectivity index (χ4v) is 5.50. The summed E-state index contributed by atoms with van der Waals surface area (Å²) in [6.45, 7) is 4.71. The van der Waals surface area contributed by atoms with Crippen LogP contribution in [0.2, 0.25) is 6.04 Å². The minimum atomic E-state index is -4.11. The van der Waals surface area contributed by atoms with Gasteiger partial charge in [0.25, 0.3) is 5.69 Å². The molecule has 0 fully saturated rings. The monoisotopic (exact) mass is 499 g/mol. The number of ether oxygens (including phenoxy) is 1. The molecular formula is C24H29N3O7Si. The van der Waals surface area contributed by atoms with E-state index in [-0.39, 0.29) is 37.0 Å². The molecule has 4 N–H and O–H groups in total. The van der Waals surface area contributed by atoms with E-state index in [0.717, 1.165) is 11.3 Å². The Bertz CT molecular complexity index is 1180. The fourth-order valence-electron chi connectivity index (χ4n) is 4.85. The van der Waals surface area contributed by atoms with Gasteiger partial charge in [0.2, 0.25) is 11.6 Å². The van der Waals surface area contributed by atoms with Gasteiger partial charge in [-0.15, -0.1) is 0 Å². The quantitative estimate of drug-likeness (QED) is 0.187. The van der Waals surface area contributed by atoms with Crippen molar-refractivity contribution in [3.8, 4) is 5.75 Å². The predicted octanol–water partition coefficient (Wildman–Crippen LogP) is 2.31. The number of nitrogens with one attached hydrogen (secondary N) is 1. The topological polar surface area (TPSA) is 145 Å². The standard InChI is InChI=1S/C24H29N3O7Si/c1-23(2)19-6-3-4-7-20(19)26(14-11-22(28)25-13-5-15-35(31,32)33)24(23)12-10-17-16-18(27(29)30)8-9-21(17)34-24/h3-4,6-10,12,16,31-33H,5,11,13-15H2,1-2H3,(H,25,28). The highest BCUT2D eigenvalue weighted by atomic mass is 28.4. The molecule has 2 aromatic carbocycles. The van der Waals surface area contributed by atoms with Gasteiger partial charge in [-0.25, -0.2) is 0 Å². The van der Waals surface area contributed by atoms with Crippen molar-refractivity contribution in [2.45, 2.75) is 43.9 Å². The molecule has 0 saturated heterocycles. The zero-order valence-electron chi connectivity index (χ0n) is 19.6. The van der Waals surface area contributed by atoms with Gasteiger partial charge in [0.1, 0.15) is 5.75 Å². The zero-order valence-corrected chi connectivity index (χ0v) is 20.6. The maximum absolute atomic E-state index is 12.5. The van der Waals surface area contributed by atoms with Gasteiger partial charge in [-0.05, 0) is 50.1 Å². The lowest BCUT2D eigenvalue weighted by Crippen LogP contribution is -2.60. The third kappa shape index (κ3) is 4.67. The van der Waals surface area contributed by atoms with Gasteiger partial charge >= 0.3 is 8.80 Å². The van der Waals surface area contributed by atoms with Crippen LogP contribution in [0.5, 0.6) is 5.75 Å². The molecule has 2 aliphatic rings. The second-order valence-corrected chi connectivity index (χ2v) is 11.4. The van der Waals surface area contributed by atoms with Crippen LogP contribution in [0, 0.1) is 10.1 Å². The second kappa shape index (κ2) is 9.08. The number of amides is 1. The predicted molar refractivity (Wildman–Crippen MR) is 132 cm³/mol. The Kier molecular flexibility index (Phi) is 6.45. The number of anilines is 1. The summed E-state index contributed by atoms with van der Waals surface area (Å²) in [5, 5.41) is 13.9. The Morgan fingerprint density at radius 1 is 1.20 bits per heavy atom. The van der Waals surface area contributed by atoms with Crippen LogP contribution in [0.15, 0.2) is 48.5 Å². The van der Waals surface area contributed by atoms with Gasteiger partial charge in [-0.3, -0.25) is 14.9 Å². The Balaban J connectivity index is 1.57. The van der Waals surface area contributed by atoms with Crippen LogP contribution in [0.25, 0.3) is 6.08 Å². The molecule has 186 valence electrons. The number of hydrogen-bond acceptors (Lipinski definition) is 8. The first-order chi connectivity index (χ1) is 16.4. The van der Waals surface area contributed by atoms with Crippen LogP contribution in [0.1, 0.15) is 37.8 Å². The molecule has 11 heteroatoms. The number of nitro benzene ring substituents is 1. The highest BCUT2D eigenvalue weighted by Gasteiger charge is 2.58. The van der Waals surface area contributed by atoms with Crippen LogP contribution in [0.4, 0.5) is 11.4 Å². The summed E-state index contributed by atoms with van der Waals surface area (Å²) in [4.78, 5) is 52.6. The summed E-state index contributed by atoms with van der Waals surface area (Å²) in [7, 11) is -4.11. The van der Waals surface area contributed by atoms with E-state index in [2.05, 4.69) is 24.1 Å². The molecule has 4 rings (SSSR count). The van der Waals surface area contributed by atoms with E-state index in [4.69, 9.17) is 19.1 Å². The summed E-state index contributed by atoms with van der Waals surface area (Å²) in [6.07, 6.45) is 4.17. The molecular weight excluding hydrogens is 470 g/mol. The summed E-state index contributed by atoms with van der Waals surface area (Å²) in [5.41, 5.74) is 1.15. The zero-order chi connectivity index (χ0) is 25.4. The first kappa shape index (κ1) is 24.9. The lowest BCUT2D eigenvalue weighted by Gasteiger charge is -2.47. The number of nitrogens with zero attached hydrogens (tertiary/aromatic N) is 2. The highest BCUT2D eigenvalue weighted by molar-refractivity contribution is 6.56. The van der Waals surface area contributed by atoms with E-state index in [1.165, 1.54) is 12.1 Å². The smallest absolute Gasteiger partial charge is 0.463 e. The number of para-hydroxylation sites is 1. The number of fused-ring (bicyclic) bond motifs is 2. The van der Waals surface area contributed by atoms with Gasteiger partial charge in [-0.1, -0.05) is 18.2 Å². The Hall–Kier alpha value is -3.25.